The lowest BCUT2D eigenvalue weighted by Crippen LogP contribution is -2.42. The maximum Gasteiger partial charge on any atom is 0.335 e. The molecule has 0 N–H and O–H groups in total. The summed E-state index contributed by atoms with van der Waals surface area (Å²) in [6, 6.07) is 29.9. The second-order valence-corrected chi connectivity index (χ2v) is 18.1. The van der Waals surface area contributed by atoms with Gasteiger partial charge in [0.25, 0.3) is 19.8 Å². The monoisotopic (exact) mass is 953 g/mol. The van der Waals surface area contributed by atoms with Crippen molar-refractivity contribution in [2.24, 2.45) is 0 Å². The summed E-state index contributed by atoms with van der Waals surface area (Å²) in [5, 5.41) is 21.4. The third-order valence-corrected chi connectivity index (χ3v) is 13.8. The molecule has 0 spiro atoms. The van der Waals surface area contributed by atoms with E-state index in [1.54, 1.807) is 21.1 Å². The van der Waals surface area contributed by atoms with Crippen molar-refractivity contribution in [3.05, 3.63) is 156 Å². The van der Waals surface area contributed by atoms with Crippen LogP contribution in [0.15, 0.2) is 107 Å². The highest BCUT2D eigenvalue weighted by atomic mass is 31.2. The first-order chi connectivity index (χ1) is 32.8. The van der Waals surface area contributed by atoms with E-state index < -0.39 is 55.5 Å². The van der Waals surface area contributed by atoms with E-state index in [1.165, 1.54) is 22.9 Å². The zero-order chi connectivity index (χ0) is 48.5. The van der Waals surface area contributed by atoms with Crippen molar-refractivity contribution < 1.29 is 47.1 Å². The van der Waals surface area contributed by atoms with Gasteiger partial charge in [-0.25, -0.2) is 14.0 Å². The van der Waals surface area contributed by atoms with Gasteiger partial charge in [-0.2, -0.15) is 5.26 Å². The van der Waals surface area contributed by atoms with Crippen molar-refractivity contribution in [2.45, 2.75) is 96.9 Å². The SMILES string of the molecule is COc1ccc(C(OC[C@H]2O[C@@H](n3cc(C)c(=O)n(COCc4cc5c(cc4[N+](=O)[O-])OCO5)c3=O)C[C@@H]2OP(OCCC#N)N(C(C)C)C(C)C)(c2ccccc2)c2ccc(OC)cc2)cc1. The number of nitriles is 1. The van der Waals surface area contributed by atoms with Crippen LogP contribution in [0.25, 0.3) is 0 Å². The van der Waals surface area contributed by atoms with E-state index in [4.69, 9.17) is 42.2 Å². The van der Waals surface area contributed by atoms with Crippen molar-refractivity contribution in [3.63, 3.8) is 0 Å². The molecule has 0 saturated carbocycles. The molecular weight excluding hydrogens is 898 g/mol. The number of methoxy groups -OCH3 is 2. The number of nitro groups is 1. The minimum absolute atomic E-state index is 0.0141. The number of ether oxygens (including phenoxy) is 7. The average molecular weight is 954 g/mol. The molecule has 0 bridgehead atoms. The Kier molecular flexibility index (Phi) is 16.3. The molecule has 5 aromatic rings. The zero-order valence-electron chi connectivity index (χ0n) is 39.1. The van der Waals surface area contributed by atoms with Crippen molar-refractivity contribution in [1.82, 2.24) is 13.8 Å². The molecule has 1 fully saturated rings. The number of rotatable bonds is 22. The molecular formula is C49H56N5O13P. The van der Waals surface area contributed by atoms with Crippen LogP contribution in [0.4, 0.5) is 5.69 Å². The van der Waals surface area contributed by atoms with Crippen LogP contribution in [0.5, 0.6) is 23.0 Å². The fraction of sp³-hybridized carbons (Fsp3) is 0.408. The molecule has 360 valence electrons. The summed E-state index contributed by atoms with van der Waals surface area (Å²) in [5.41, 5.74) is -0.0438. The van der Waals surface area contributed by atoms with Gasteiger partial charge in [0.1, 0.15) is 36.2 Å². The molecule has 0 aliphatic carbocycles. The summed E-state index contributed by atoms with van der Waals surface area (Å²) in [4.78, 5) is 39.4. The predicted molar refractivity (Wildman–Crippen MR) is 251 cm³/mol. The quantitative estimate of drug-likeness (QED) is 0.0212. The first kappa shape index (κ1) is 49.7. The molecule has 19 heteroatoms. The standard InChI is InChI=1S/C49H56N5O13P/c1-32(2)53(33(3)4)68(65-23-11-22-50)67-44-26-46(51-27-34(5)47(55)52(48(51)56)30-61-28-35-24-42-43(63-31-62-42)25-41(35)54(57)58)66-45(44)29-64-49(36-12-9-8-10-13-36,37-14-18-39(59-6)19-15-37)38-16-20-40(60-7)21-17-38/h8-10,12-21,24-25,27,32-33,44-46H,11,23,26,28-31H2,1-7H3/t44-,45+,46+,68?/m0/s1. The first-order valence-corrected chi connectivity index (χ1v) is 23.3. The van der Waals surface area contributed by atoms with Crippen LogP contribution < -0.4 is 30.2 Å². The van der Waals surface area contributed by atoms with Crippen molar-refractivity contribution in [3.8, 4) is 29.1 Å². The highest BCUT2D eigenvalue weighted by molar-refractivity contribution is 7.44. The lowest BCUT2D eigenvalue weighted by atomic mass is 9.80. The van der Waals surface area contributed by atoms with Crippen LogP contribution in [-0.2, 0) is 42.2 Å². The molecule has 7 rings (SSSR count). The van der Waals surface area contributed by atoms with Gasteiger partial charge in [-0.05, 0) is 81.6 Å². The second kappa shape index (κ2) is 22.3. The average Bonchev–Trinajstić information content (AvgIpc) is 3.98. The molecule has 0 radical (unpaired) electrons. The Hall–Kier alpha value is -6.16. The Labute approximate surface area is 395 Å². The van der Waals surface area contributed by atoms with Crippen molar-refractivity contribution in [1.29, 1.82) is 5.26 Å². The molecule has 2 aliphatic rings. The molecule has 0 amide bonds. The van der Waals surface area contributed by atoms with Crippen LogP contribution in [0.3, 0.4) is 0 Å². The lowest BCUT2D eigenvalue weighted by Gasteiger charge is -2.39. The van der Waals surface area contributed by atoms with E-state index >= 15 is 0 Å². The number of aryl methyl sites for hydroxylation is 1. The summed E-state index contributed by atoms with van der Waals surface area (Å²) >= 11 is 0. The third kappa shape index (κ3) is 10.7. The number of nitrogens with zero attached hydrogens (tertiary/aromatic N) is 5. The molecule has 4 atom stereocenters. The van der Waals surface area contributed by atoms with Gasteiger partial charge in [-0.3, -0.25) is 19.5 Å². The topological polar surface area (TPSA) is 197 Å². The van der Waals surface area contributed by atoms with Crippen LogP contribution in [0, 0.1) is 28.4 Å². The van der Waals surface area contributed by atoms with Gasteiger partial charge in [0.05, 0.1) is 69.2 Å². The Bertz CT molecular complexity index is 2620. The number of aromatic nitrogens is 2. The number of benzene rings is 4. The summed E-state index contributed by atoms with van der Waals surface area (Å²) < 4.78 is 59.5. The first-order valence-electron chi connectivity index (χ1n) is 22.2. The van der Waals surface area contributed by atoms with Gasteiger partial charge >= 0.3 is 5.69 Å². The molecule has 1 saturated heterocycles. The van der Waals surface area contributed by atoms with Gasteiger partial charge in [0.15, 0.2) is 11.5 Å². The fourth-order valence-corrected chi connectivity index (χ4v) is 10.2. The van der Waals surface area contributed by atoms with Gasteiger partial charge < -0.3 is 42.2 Å². The van der Waals surface area contributed by atoms with Gasteiger partial charge in [-0.15, -0.1) is 0 Å². The predicted octanol–water partition coefficient (Wildman–Crippen LogP) is 8.10. The Balaban J connectivity index is 1.27. The minimum Gasteiger partial charge on any atom is -0.497 e. The van der Waals surface area contributed by atoms with Crippen LogP contribution >= 0.6 is 8.53 Å². The molecule has 4 aromatic carbocycles. The maximum absolute atomic E-state index is 14.4. The lowest BCUT2D eigenvalue weighted by molar-refractivity contribution is -0.386. The Morgan fingerprint density at radius 3 is 2.09 bits per heavy atom. The number of hydrogen-bond donors (Lipinski definition) is 0. The van der Waals surface area contributed by atoms with Crippen molar-refractivity contribution >= 4 is 14.2 Å². The summed E-state index contributed by atoms with van der Waals surface area (Å²) in [6.45, 7) is 8.87. The largest absolute Gasteiger partial charge is 0.497 e. The number of fused-ring (bicyclic) bond motifs is 1. The van der Waals surface area contributed by atoms with Gasteiger partial charge in [0, 0.05) is 30.3 Å². The fourth-order valence-electron chi connectivity index (χ4n) is 8.41. The highest BCUT2D eigenvalue weighted by Crippen LogP contribution is 2.51. The molecule has 68 heavy (non-hydrogen) atoms. The molecule has 18 nitrogen and oxygen atoms in total. The van der Waals surface area contributed by atoms with Gasteiger partial charge in [0.2, 0.25) is 6.79 Å². The highest BCUT2D eigenvalue weighted by Gasteiger charge is 2.45. The van der Waals surface area contributed by atoms with E-state index in [2.05, 4.69) is 10.7 Å². The molecule has 2 aliphatic heterocycles. The molecule has 1 unspecified atom stereocenters. The molecule has 1 aromatic heterocycles. The molecule has 3 heterocycles. The number of nitro benzene ring substituents is 1. The Morgan fingerprint density at radius 1 is 0.912 bits per heavy atom. The second-order valence-electron chi connectivity index (χ2n) is 16.7. The van der Waals surface area contributed by atoms with Crippen LogP contribution in [0.2, 0.25) is 0 Å². The summed E-state index contributed by atoms with van der Waals surface area (Å²) in [6.07, 6.45) is -0.837. The summed E-state index contributed by atoms with van der Waals surface area (Å²) in [5.74, 6) is 1.87. The number of hydrogen-bond acceptors (Lipinski definition) is 15. The van der Waals surface area contributed by atoms with Crippen LogP contribution in [0.1, 0.15) is 74.6 Å². The zero-order valence-corrected chi connectivity index (χ0v) is 40.0. The minimum atomic E-state index is -1.80. The maximum atomic E-state index is 14.4. The summed E-state index contributed by atoms with van der Waals surface area (Å²) in [7, 11) is 1.41. The van der Waals surface area contributed by atoms with Gasteiger partial charge in [-0.1, -0.05) is 54.6 Å². The van der Waals surface area contributed by atoms with E-state index in [9.17, 15) is 25.0 Å². The van der Waals surface area contributed by atoms with E-state index in [1.807, 2.05) is 107 Å². The van der Waals surface area contributed by atoms with E-state index in [0.717, 1.165) is 21.3 Å². The third-order valence-electron chi connectivity index (χ3n) is 11.6. The van der Waals surface area contributed by atoms with Crippen molar-refractivity contribution in [2.75, 3.05) is 34.2 Å². The van der Waals surface area contributed by atoms with Crippen LogP contribution in [-0.4, -0.2) is 77.2 Å². The van der Waals surface area contributed by atoms with E-state index in [-0.39, 0.29) is 74.1 Å². The Morgan fingerprint density at radius 2 is 1.51 bits per heavy atom. The van der Waals surface area contributed by atoms with E-state index in [0.29, 0.717) is 17.2 Å². The smallest absolute Gasteiger partial charge is 0.335 e. The normalized spacial score (nSPS) is 17.2.